The van der Waals surface area contributed by atoms with Crippen molar-refractivity contribution >= 4 is 28.3 Å². The van der Waals surface area contributed by atoms with Gasteiger partial charge in [0.25, 0.3) is 0 Å². The molecule has 0 bridgehead atoms. The molecule has 0 radical (unpaired) electrons. The number of ether oxygens (including phenoxy) is 2. The van der Waals surface area contributed by atoms with Gasteiger partial charge in [0.1, 0.15) is 11.5 Å². The zero-order chi connectivity index (χ0) is 22.5. The van der Waals surface area contributed by atoms with Gasteiger partial charge < -0.3 is 14.6 Å². The standard InChI is InChI=1S/C24H23N3O4S/c1-30-12-11-27-23(20-13-17-5-3-4-6-18(17)14-21(20)28)25-26-24(27)32-15-22(29)16-7-9-19(31-2)10-8-16/h3-10,13-14,28H,11-12,15H2,1-2H3. The summed E-state index contributed by atoms with van der Waals surface area (Å²) >= 11 is 1.31. The van der Waals surface area contributed by atoms with E-state index >= 15 is 0 Å². The summed E-state index contributed by atoms with van der Waals surface area (Å²) in [5, 5.41) is 21.8. The number of phenolic OH excluding ortho intramolecular Hbond substituents is 1. The predicted molar refractivity (Wildman–Crippen MR) is 125 cm³/mol. The molecule has 32 heavy (non-hydrogen) atoms. The quantitative estimate of drug-likeness (QED) is 0.299. The van der Waals surface area contributed by atoms with E-state index in [4.69, 9.17) is 9.47 Å². The molecule has 4 rings (SSSR count). The van der Waals surface area contributed by atoms with Crippen LogP contribution in [0.3, 0.4) is 0 Å². The van der Waals surface area contributed by atoms with Crippen molar-refractivity contribution in [2.45, 2.75) is 11.7 Å². The highest BCUT2D eigenvalue weighted by atomic mass is 32.2. The number of Topliss-reactive ketones (excluding diaryl/α,β-unsaturated/α-hetero) is 1. The fourth-order valence-electron chi connectivity index (χ4n) is 3.38. The molecule has 0 aliphatic heterocycles. The van der Waals surface area contributed by atoms with E-state index in [9.17, 15) is 9.90 Å². The van der Waals surface area contributed by atoms with E-state index in [2.05, 4.69) is 10.2 Å². The third-order valence-electron chi connectivity index (χ3n) is 5.09. The number of phenols is 1. The summed E-state index contributed by atoms with van der Waals surface area (Å²) in [6, 6.07) is 18.4. The number of thioether (sulfide) groups is 1. The molecule has 4 aromatic rings. The van der Waals surface area contributed by atoms with Crippen LogP contribution in [0, 0.1) is 0 Å². The lowest BCUT2D eigenvalue weighted by Crippen LogP contribution is -2.09. The van der Waals surface area contributed by atoms with Crippen molar-refractivity contribution in [1.29, 1.82) is 0 Å². The summed E-state index contributed by atoms with van der Waals surface area (Å²) in [7, 11) is 3.21. The molecule has 0 amide bonds. The zero-order valence-electron chi connectivity index (χ0n) is 17.8. The molecule has 8 heteroatoms. The number of carbonyl (C=O) groups excluding carboxylic acids is 1. The van der Waals surface area contributed by atoms with Gasteiger partial charge in [-0.25, -0.2) is 0 Å². The van der Waals surface area contributed by atoms with Gasteiger partial charge in [-0.15, -0.1) is 10.2 Å². The number of aromatic nitrogens is 3. The van der Waals surface area contributed by atoms with Gasteiger partial charge in [-0.3, -0.25) is 9.36 Å². The summed E-state index contributed by atoms with van der Waals surface area (Å²) in [6.07, 6.45) is 0. The number of methoxy groups -OCH3 is 2. The van der Waals surface area contributed by atoms with E-state index in [1.165, 1.54) is 11.8 Å². The Hall–Kier alpha value is -3.36. The van der Waals surface area contributed by atoms with Crippen LogP contribution < -0.4 is 4.74 Å². The van der Waals surface area contributed by atoms with Crippen LogP contribution in [0.1, 0.15) is 10.4 Å². The first-order valence-electron chi connectivity index (χ1n) is 10.0. The van der Waals surface area contributed by atoms with Gasteiger partial charge >= 0.3 is 0 Å². The molecule has 0 fully saturated rings. The highest BCUT2D eigenvalue weighted by molar-refractivity contribution is 7.99. The second-order valence-corrected chi connectivity index (χ2v) is 8.05. The van der Waals surface area contributed by atoms with Gasteiger partial charge in [0, 0.05) is 12.7 Å². The van der Waals surface area contributed by atoms with Crippen LogP contribution in [-0.4, -0.2) is 52.2 Å². The Bertz CT molecular complexity index is 1240. The molecule has 3 aromatic carbocycles. The zero-order valence-corrected chi connectivity index (χ0v) is 18.6. The second kappa shape index (κ2) is 9.84. The first-order valence-corrected chi connectivity index (χ1v) is 11.0. The molecule has 0 aliphatic carbocycles. The molecule has 1 N–H and O–H groups in total. The molecular weight excluding hydrogens is 426 g/mol. The van der Waals surface area contributed by atoms with Crippen molar-refractivity contribution in [3.8, 4) is 22.9 Å². The Morgan fingerprint density at radius 2 is 1.75 bits per heavy atom. The van der Waals surface area contributed by atoms with Crippen molar-refractivity contribution in [2.75, 3.05) is 26.6 Å². The van der Waals surface area contributed by atoms with E-state index < -0.39 is 0 Å². The molecule has 7 nitrogen and oxygen atoms in total. The van der Waals surface area contributed by atoms with Crippen LogP contribution in [0.4, 0.5) is 0 Å². The molecule has 0 saturated carbocycles. The number of nitrogens with zero attached hydrogens (tertiary/aromatic N) is 3. The fraction of sp³-hybridized carbons (Fsp3) is 0.208. The second-order valence-electron chi connectivity index (χ2n) is 7.11. The molecule has 0 unspecified atom stereocenters. The van der Waals surface area contributed by atoms with Crippen molar-refractivity contribution in [3.63, 3.8) is 0 Å². The number of aromatic hydroxyl groups is 1. The van der Waals surface area contributed by atoms with E-state index in [1.54, 1.807) is 44.6 Å². The maximum absolute atomic E-state index is 12.6. The predicted octanol–water partition coefficient (Wildman–Crippen LogP) is 4.43. The Balaban J connectivity index is 1.61. The van der Waals surface area contributed by atoms with Gasteiger partial charge in [0.15, 0.2) is 16.8 Å². The van der Waals surface area contributed by atoms with Gasteiger partial charge in [-0.2, -0.15) is 0 Å². The average molecular weight is 450 g/mol. The van der Waals surface area contributed by atoms with Gasteiger partial charge in [-0.05, 0) is 47.2 Å². The van der Waals surface area contributed by atoms with E-state index in [0.29, 0.717) is 41.0 Å². The normalized spacial score (nSPS) is 11.1. The summed E-state index contributed by atoms with van der Waals surface area (Å²) in [5.74, 6) is 1.55. The van der Waals surface area contributed by atoms with Crippen LogP contribution in [0.25, 0.3) is 22.2 Å². The number of ketones is 1. The van der Waals surface area contributed by atoms with Crippen LogP contribution in [0.15, 0.2) is 65.8 Å². The number of carbonyl (C=O) groups is 1. The largest absolute Gasteiger partial charge is 0.507 e. The molecule has 164 valence electrons. The van der Waals surface area contributed by atoms with Gasteiger partial charge in [0.05, 0.1) is 31.6 Å². The minimum absolute atomic E-state index is 0.0194. The lowest BCUT2D eigenvalue weighted by atomic mass is 10.1. The highest BCUT2D eigenvalue weighted by Gasteiger charge is 2.19. The summed E-state index contributed by atoms with van der Waals surface area (Å²) < 4.78 is 12.3. The third kappa shape index (κ3) is 4.61. The first kappa shape index (κ1) is 21.9. The van der Waals surface area contributed by atoms with E-state index in [-0.39, 0.29) is 17.3 Å². The maximum atomic E-state index is 12.6. The monoisotopic (exact) mass is 449 g/mol. The number of fused-ring (bicyclic) bond motifs is 1. The van der Waals surface area contributed by atoms with Crippen molar-refractivity contribution in [2.24, 2.45) is 0 Å². The lowest BCUT2D eigenvalue weighted by molar-refractivity contribution is 0.102. The molecular formula is C24H23N3O4S. The number of hydrogen-bond acceptors (Lipinski definition) is 7. The molecule has 0 aliphatic rings. The number of benzene rings is 3. The van der Waals surface area contributed by atoms with Gasteiger partial charge in [-0.1, -0.05) is 36.0 Å². The van der Waals surface area contributed by atoms with E-state index in [1.807, 2.05) is 34.9 Å². The minimum Gasteiger partial charge on any atom is -0.507 e. The molecule has 1 heterocycles. The Morgan fingerprint density at radius 1 is 1.03 bits per heavy atom. The minimum atomic E-state index is -0.0194. The Labute approximate surface area is 190 Å². The number of hydrogen-bond donors (Lipinski definition) is 1. The Kier molecular flexibility index (Phi) is 6.72. The highest BCUT2D eigenvalue weighted by Crippen LogP contribution is 2.34. The topological polar surface area (TPSA) is 86.5 Å². The van der Waals surface area contributed by atoms with E-state index in [0.717, 1.165) is 10.8 Å². The van der Waals surface area contributed by atoms with Crippen molar-refractivity contribution in [3.05, 3.63) is 66.2 Å². The fourth-order valence-corrected chi connectivity index (χ4v) is 4.24. The van der Waals surface area contributed by atoms with Gasteiger partial charge in [0.2, 0.25) is 0 Å². The Morgan fingerprint density at radius 3 is 2.44 bits per heavy atom. The average Bonchev–Trinajstić information content (AvgIpc) is 3.23. The smallest absolute Gasteiger partial charge is 0.192 e. The SMILES string of the molecule is COCCn1c(SCC(=O)c2ccc(OC)cc2)nnc1-c1cc2ccccc2cc1O. The number of rotatable bonds is 9. The van der Waals surface area contributed by atoms with Crippen molar-refractivity contribution in [1.82, 2.24) is 14.8 Å². The molecule has 1 aromatic heterocycles. The first-order chi connectivity index (χ1) is 15.6. The van der Waals surface area contributed by atoms with Crippen molar-refractivity contribution < 1.29 is 19.4 Å². The van der Waals surface area contributed by atoms with Crippen LogP contribution >= 0.6 is 11.8 Å². The summed E-state index contributed by atoms with van der Waals surface area (Å²) in [4.78, 5) is 12.6. The third-order valence-corrected chi connectivity index (χ3v) is 6.05. The van der Waals surface area contributed by atoms with Crippen LogP contribution in [-0.2, 0) is 11.3 Å². The lowest BCUT2D eigenvalue weighted by Gasteiger charge is -2.11. The molecule has 0 saturated heterocycles. The summed E-state index contributed by atoms with van der Waals surface area (Å²) in [6.45, 7) is 0.934. The summed E-state index contributed by atoms with van der Waals surface area (Å²) in [5.41, 5.74) is 1.19. The maximum Gasteiger partial charge on any atom is 0.192 e. The van der Waals surface area contributed by atoms with Crippen LogP contribution in [0.5, 0.6) is 11.5 Å². The molecule has 0 spiro atoms. The molecule has 0 atom stereocenters. The van der Waals surface area contributed by atoms with Crippen LogP contribution in [0.2, 0.25) is 0 Å².